The van der Waals surface area contributed by atoms with Crippen molar-refractivity contribution in [1.29, 1.82) is 0 Å². The summed E-state index contributed by atoms with van der Waals surface area (Å²) in [4.78, 5) is 26.7. The van der Waals surface area contributed by atoms with E-state index in [1.54, 1.807) is 22.7 Å². The van der Waals surface area contributed by atoms with Gasteiger partial charge in [0.15, 0.2) is 6.61 Å². The highest BCUT2D eigenvalue weighted by atomic mass is 32.2. The minimum Gasteiger partial charge on any atom is -0.452 e. The number of esters is 1. The number of ether oxygens (including phenoxy) is 2. The van der Waals surface area contributed by atoms with Crippen LogP contribution in [0.1, 0.15) is 19.4 Å². The fourth-order valence-electron chi connectivity index (χ4n) is 2.53. The number of hydrogen-bond acceptors (Lipinski definition) is 5. The number of morpholine rings is 1. The third-order valence-electron chi connectivity index (χ3n) is 3.64. The summed E-state index contributed by atoms with van der Waals surface area (Å²) in [6.07, 6.45) is 5.02. The number of hydrogen-bond donors (Lipinski definition) is 0. The van der Waals surface area contributed by atoms with Crippen molar-refractivity contribution in [2.45, 2.75) is 31.0 Å². The van der Waals surface area contributed by atoms with Gasteiger partial charge in [-0.2, -0.15) is 0 Å². The van der Waals surface area contributed by atoms with Crippen molar-refractivity contribution in [3.05, 3.63) is 35.9 Å². The number of nitrogens with zero attached hydrogens (tertiary/aromatic N) is 1. The Kier molecular flexibility index (Phi) is 6.87. The largest absolute Gasteiger partial charge is 0.452 e. The van der Waals surface area contributed by atoms with Crippen LogP contribution in [0.2, 0.25) is 0 Å². The second kappa shape index (κ2) is 8.89. The zero-order chi connectivity index (χ0) is 17.5. The lowest BCUT2D eigenvalue weighted by Gasteiger charge is -2.35. The number of rotatable bonds is 5. The third kappa shape index (κ3) is 5.69. The Morgan fingerprint density at radius 3 is 2.46 bits per heavy atom. The molecule has 1 saturated heterocycles. The number of amides is 1. The van der Waals surface area contributed by atoms with Crippen LogP contribution in [0.3, 0.4) is 0 Å². The van der Waals surface area contributed by atoms with Gasteiger partial charge < -0.3 is 14.4 Å². The summed E-state index contributed by atoms with van der Waals surface area (Å²) in [5.41, 5.74) is 0.909. The third-order valence-corrected chi connectivity index (χ3v) is 4.38. The summed E-state index contributed by atoms with van der Waals surface area (Å²) < 4.78 is 10.6. The van der Waals surface area contributed by atoms with E-state index in [9.17, 15) is 9.59 Å². The van der Waals surface area contributed by atoms with Gasteiger partial charge in [0, 0.05) is 24.1 Å². The topological polar surface area (TPSA) is 55.8 Å². The van der Waals surface area contributed by atoms with Crippen LogP contribution in [0.25, 0.3) is 6.08 Å². The van der Waals surface area contributed by atoms with Gasteiger partial charge in [-0.15, -0.1) is 11.8 Å². The van der Waals surface area contributed by atoms with Crippen LogP contribution in [0.4, 0.5) is 0 Å². The Hall–Kier alpha value is -1.79. The molecule has 0 radical (unpaired) electrons. The van der Waals surface area contributed by atoms with E-state index in [-0.39, 0.29) is 24.7 Å². The Morgan fingerprint density at radius 2 is 1.88 bits per heavy atom. The number of carbonyl (C=O) groups is 2. The average Bonchev–Trinajstić information content (AvgIpc) is 2.57. The van der Waals surface area contributed by atoms with Gasteiger partial charge in [0.25, 0.3) is 5.91 Å². The first-order valence-electron chi connectivity index (χ1n) is 7.90. The molecule has 24 heavy (non-hydrogen) atoms. The van der Waals surface area contributed by atoms with Gasteiger partial charge in [-0.05, 0) is 43.9 Å². The molecule has 1 fully saturated rings. The molecule has 0 saturated carbocycles. The maximum absolute atomic E-state index is 12.1. The Labute approximate surface area is 147 Å². The van der Waals surface area contributed by atoms with E-state index in [1.807, 2.05) is 44.4 Å². The van der Waals surface area contributed by atoms with E-state index in [0.29, 0.717) is 13.1 Å². The molecule has 0 bridgehead atoms. The average molecular weight is 349 g/mol. The van der Waals surface area contributed by atoms with Gasteiger partial charge >= 0.3 is 5.97 Å². The van der Waals surface area contributed by atoms with Crippen LogP contribution in [-0.4, -0.2) is 54.9 Å². The van der Waals surface area contributed by atoms with Crippen LogP contribution < -0.4 is 0 Å². The van der Waals surface area contributed by atoms with E-state index in [0.717, 1.165) is 10.5 Å². The summed E-state index contributed by atoms with van der Waals surface area (Å²) in [6, 6.07) is 7.83. The maximum atomic E-state index is 12.1. The number of carbonyl (C=O) groups excluding carboxylic acids is 2. The molecule has 1 aliphatic rings. The molecule has 0 aliphatic carbocycles. The van der Waals surface area contributed by atoms with Crippen LogP contribution >= 0.6 is 11.8 Å². The van der Waals surface area contributed by atoms with Crippen molar-refractivity contribution < 1.29 is 19.1 Å². The summed E-state index contributed by atoms with van der Waals surface area (Å²) in [7, 11) is 0. The lowest BCUT2D eigenvalue weighted by atomic mass is 10.2. The SMILES string of the molecule is CSc1ccc(/C=C/C(=O)OCC(=O)N2C[C@@H](C)O[C@@H](C)C2)cc1. The quantitative estimate of drug-likeness (QED) is 0.465. The fraction of sp³-hybridized carbons (Fsp3) is 0.444. The van der Waals surface area contributed by atoms with Crippen LogP contribution in [0, 0.1) is 0 Å². The minimum absolute atomic E-state index is 0.00227. The molecule has 1 amide bonds. The van der Waals surface area contributed by atoms with Gasteiger partial charge in [-0.3, -0.25) is 4.79 Å². The van der Waals surface area contributed by atoms with Crippen molar-refractivity contribution in [3.8, 4) is 0 Å². The fourth-order valence-corrected chi connectivity index (χ4v) is 2.94. The van der Waals surface area contributed by atoms with Crippen molar-refractivity contribution in [3.63, 3.8) is 0 Å². The van der Waals surface area contributed by atoms with Crippen LogP contribution in [0.15, 0.2) is 35.2 Å². The van der Waals surface area contributed by atoms with Gasteiger partial charge in [-0.25, -0.2) is 4.79 Å². The Morgan fingerprint density at radius 1 is 1.25 bits per heavy atom. The molecule has 1 aromatic rings. The van der Waals surface area contributed by atoms with E-state index in [4.69, 9.17) is 9.47 Å². The van der Waals surface area contributed by atoms with Crippen LogP contribution in [-0.2, 0) is 19.1 Å². The Bertz CT molecular complexity index is 590. The highest BCUT2D eigenvalue weighted by Gasteiger charge is 2.26. The normalized spacial score (nSPS) is 21.0. The van der Waals surface area contributed by atoms with Crippen LogP contribution in [0.5, 0.6) is 0 Å². The molecular weight excluding hydrogens is 326 g/mol. The molecule has 6 heteroatoms. The first-order chi connectivity index (χ1) is 11.5. The number of thioether (sulfide) groups is 1. The summed E-state index contributed by atoms with van der Waals surface area (Å²) in [5.74, 6) is -0.713. The smallest absolute Gasteiger partial charge is 0.331 e. The van der Waals surface area contributed by atoms with Crippen molar-refractivity contribution >= 4 is 29.7 Å². The van der Waals surface area contributed by atoms with Gasteiger partial charge in [-0.1, -0.05) is 12.1 Å². The first-order valence-corrected chi connectivity index (χ1v) is 9.12. The molecule has 2 atom stereocenters. The van der Waals surface area contributed by atoms with E-state index >= 15 is 0 Å². The molecule has 0 aromatic heterocycles. The maximum Gasteiger partial charge on any atom is 0.331 e. The summed E-state index contributed by atoms with van der Waals surface area (Å²) in [6.45, 7) is 4.66. The highest BCUT2D eigenvalue weighted by molar-refractivity contribution is 7.98. The molecule has 1 aliphatic heterocycles. The monoisotopic (exact) mass is 349 g/mol. The number of benzene rings is 1. The minimum atomic E-state index is -0.522. The molecular formula is C18H23NO4S. The molecule has 1 heterocycles. The predicted molar refractivity (Wildman–Crippen MR) is 94.8 cm³/mol. The lowest BCUT2D eigenvalue weighted by Crippen LogP contribution is -2.49. The standard InChI is InChI=1S/C18H23NO4S/c1-13-10-19(11-14(2)23-13)17(20)12-22-18(21)9-6-15-4-7-16(24-3)8-5-15/h4-9,13-14H,10-12H2,1-3H3/b9-6+/t13-,14+. The molecule has 0 spiro atoms. The van der Waals surface area contributed by atoms with Gasteiger partial charge in [0.2, 0.25) is 0 Å². The van der Waals surface area contributed by atoms with Gasteiger partial charge in [0.05, 0.1) is 12.2 Å². The van der Waals surface area contributed by atoms with Crippen molar-refractivity contribution in [2.24, 2.45) is 0 Å². The van der Waals surface area contributed by atoms with Crippen molar-refractivity contribution in [1.82, 2.24) is 4.90 Å². The van der Waals surface area contributed by atoms with E-state index < -0.39 is 5.97 Å². The molecule has 2 rings (SSSR count). The summed E-state index contributed by atoms with van der Waals surface area (Å²) in [5, 5.41) is 0. The molecule has 0 N–H and O–H groups in total. The molecule has 5 nitrogen and oxygen atoms in total. The zero-order valence-electron chi connectivity index (χ0n) is 14.2. The second-order valence-corrected chi connectivity index (χ2v) is 6.65. The second-order valence-electron chi connectivity index (χ2n) is 5.77. The lowest BCUT2D eigenvalue weighted by molar-refractivity contribution is -0.154. The first kappa shape index (κ1) is 18.5. The van der Waals surface area contributed by atoms with Gasteiger partial charge in [0.1, 0.15) is 0 Å². The van der Waals surface area contributed by atoms with E-state index in [1.165, 1.54) is 6.08 Å². The van der Waals surface area contributed by atoms with Crippen molar-refractivity contribution in [2.75, 3.05) is 26.0 Å². The Balaban J connectivity index is 1.79. The molecule has 1 aromatic carbocycles. The predicted octanol–water partition coefficient (Wildman–Crippen LogP) is 2.60. The summed E-state index contributed by atoms with van der Waals surface area (Å²) >= 11 is 1.66. The molecule has 130 valence electrons. The van der Waals surface area contributed by atoms with E-state index in [2.05, 4.69) is 0 Å². The molecule has 0 unspecified atom stereocenters. The highest BCUT2D eigenvalue weighted by Crippen LogP contribution is 2.15. The zero-order valence-corrected chi connectivity index (χ0v) is 15.0.